The van der Waals surface area contributed by atoms with Crippen LogP contribution in [0.1, 0.15) is 68.1 Å². The zero-order valence-corrected chi connectivity index (χ0v) is 16.0. The number of thioether (sulfide) groups is 1. The summed E-state index contributed by atoms with van der Waals surface area (Å²) >= 11 is 1.84. The Kier molecular flexibility index (Phi) is 5.63. The molecule has 4 nitrogen and oxygen atoms in total. The molecule has 26 heavy (non-hydrogen) atoms. The minimum absolute atomic E-state index is 0.0413. The summed E-state index contributed by atoms with van der Waals surface area (Å²) in [7, 11) is 0. The zero-order chi connectivity index (χ0) is 17.8. The van der Waals surface area contributed by atoms with Crippen molar-refractivity contribution in [2.45, 2.75) is 74.1 Å². The third-order valence-electron chi connectivity index (χ3n) is 5.49. The molecule has 2 aromatic rings. The molecular weight excluding hydrogens is 342 g/mol. The summed E-state index contributed by atoms with van der Waals surface area (Å²) in [5.74, 6) is 0.0413. The van der Waals surface area contributed by atoms with Crippen molar-refractivity contribution in [2.24, 2.45) is 0 Å². The van der Waals surface area contributed by atoms with Crippen LogP contribution in [0, 0.1) is 0 Å². The molecule has 1 aromatic heterocycles. The first-order valence-electron chi connectivity index (χ1n) is 9.92. The number of hydrogen-bond acceptors (Lipinski definition) is 3. The van der Waals surface area contributed by atoms with Gasteiger partial charge in [-0.2, -0.15) is 5.10 Å². The Bertz CT molecular complexity index is 731. The molecule has 138 valence electrons. The Hall–Kier alpha value is -1.75. The number of para-hydroxylation sites is 1. The van der Waals surface area contributed by atoms with Crippen molar-refractivity contribution in [3.8, 4) is 5.69 Å². The van der Waals surface area contributed by atoms with Crippen molar-refractivity contribution < 1.29 is 4.79 Å². The van der Waals surface area contributed by atoms with E-state index in [1.807, 2.05) is 34.6 Å². The van der Waals surface area contributed by atoms with Crippen molar-refractivity contribution >= 4 is 17.7 Å². The van der Waals surface area contributed by atoms with Gasteiger partial charge < -0.3 is 5.32 Å². The van der Waals surface area contributed by atoms with Crippen molar-refractivity contribution in [3.63, 3.8) is 0 Å². The van der Waals surface area contributed by atoms with Crippen LogP contribution < -0.4 is 5.32 Å². The number of amides is 1. The van der Waals surface area contributed by atoms with Gasteiger partial charge in [-0.1, -0.05) is 50.3 Å². The lowest BCUT2D eigenvalue weighted by Gasteiger charge is -2.23. The van der Waals surface area contributed by atoms with Crippen LogP contribution in [0.3, 0.4) is 0 Å². The Balaban J connectivity index is 1.60. The quantitative estimate of drug-likeness (QED) is 0.809. The third kappa shape index (κ3) is 3.98. The second-order valence-corrected chi connectivity index (χ2v) is 8.73. The van der Waals surface area contributed by atoms with Crippen LogP contribution >= 0.6 is 11.8 Å². The highest BCUT2D eigenvalue weighted by Crippen LogP contribution is 2.37. The van der Waals surface area contributed by atoms with Crippen LogP contribution in [0.2, 0.25) is 0 Å². The highest BCUT2D eigenvalue weighted by atomic mass is 32.2. The maximum absolute atomic E-state index is 13.0. The van der Waals surface area contributed by atoms with Gasteiger partial charge in [0.15, 0.2) is 0 Å². The molecule has 0 spiro atoms. The monoisotopic (exact) mass is 369 g/mol. The van der Waals surface area contributed by atoms with Gasteiger partial charge >= 0.3 is 0 Å². The van der Waals surface area contributed by atoms with E-state index in [0.717, 1.165) is 29.1 Å². The number of rotatable bonds is 5. The predicted octanol–water partition coefficient (Wildman–Crippen LogP) is 4.97. The average Bonchev–Trinajstić information content (AvgIpc) is 3.34. The summed E-state index contributed by atoms with van der Waals surface area (Å²) in [4.78, 5) is 13.0. The second kappa shape index (κ2) is 8.30. The maximum atomic E-state index is 13.0. The molecule has 2 fully saturated rings. The first-order valence-corrected chi connectivity index (χ1v) is 10.8. The third-order valence-corrected chi connectivity index (χ3v) is 6.91. The van der Waals surface area contributed by atoms with E-state index in [9.17, 15) is 4.79 Å². The van der Waals surface area contributed by atoms with Gasteiger partial charge in [-0.3, -0.25) is 4.79 Å². The Morgan fingerprint density at radius 3 is 2.42 bits per heavy atom. The van der Waals surface area contributed by atoms with Crippen LogP contribution in [0.5, 0.6) is 0 Å². The van der Waals surface area contributed by atoms with Crippen LogP contribution in [0.15, 0.2) is 41.6 Å². The molecule has 0 saturated heterocycles. The first kappa shape index (κ1) is 17.7. The molecule has 5 heteroatoms. The summed E-state index contributed by atoms with van der Waals surface area (Å²) in [5, 5.41) is 9.43. The van der Waals surface area contributed by atoms with Crippen molar-refractivity contribution in [3.05, 3.63) is 42.1 Å². The minimum atomic E-state index is 0.0413. The molecule has 1 aromatic carbocycles. The summed E-state index contributed by atoms with van der Waals surface area (Å²) in [5.41, 5.74) is 1.75. The second-order valence-electron chi connectivity index (χ2n) is 7.44. The molecule has 4 rings (SSSR count). The Morgan fingerprint density at radius 1 is 1.00 bits per heavy atom. The molecule has 1 amide bonds. The van der Waals surface area contributed by atoms with E-state index >= 15 is 0 Å². The van der Waals surface area contributed by atoms with E-state index in [1.54, 1.807) is 6.20 Å². The molecule has 2 saturated carbocycles. The molecule has 1 N–H and O–H groups in total. The molecule has 1 heterocycles. The molecule has 2 aliphatic carbocycles. The topological polar surface area (TPSA) is 46.9 Å². The summed E-state index contributed by atoms with van der Waals surface area (Å²) in [6, 6.07) is 10.5. The van der Waals surface area contributed by atoms with E-state index in [4.69, 9.17) is 0 Å². The Morgan fingerprint density at radius 2 is 1.69 bits per heavy atom. The number of aromatic nitrogens is 2. The van der Waals surface area contributed by atoms with E-state index in [0.29, 0.717) is 11.3 Å². The summed E-state index contributed by atoms with van der Waals surface area (Å²) < 4.78 is 1.94. The Labute approximate surface area is 159 Å². The number of benzene rings is 1. The normalized spacial score (nSPS) is 18.9. The molecule has 0 bridgehead atoms. The standard InChI is InChI=1S/C21H27N3OS/c25-20(23-16-9-3-1-4-10-16)19-15-22-24(17-11-5-2-6-12-17)21(19)26-18-13-7-8-14-18/h2,5-6,11-12,15-16,18H,1,3-4,7-10,13-14H2,(H,23,25). The number of nitrogens with one attached hydrogen (secondary N) is 1. The lowest BCUT2D eigenvalue weighted by Crippen LogP contribution is -2.36. The van der Waals surface area contributed by atoms with Gasteiger partial charge in [0.2, 0.25) is 0 Å². The van der Waals surface area contributed by atoms with E-state index in [1.165, 1.54) is 44.9 Å². The number of carbonyl (C=O) groups is 1. The van der Waals surface area contributed by atoms with Gasteiger partial charge in [-0.15, -0.1) is 11.8 Å². The fraction of sp³-hybridized carbons (Fsp3) is 0.524. The smallest absolute Gasteiger partial charge is 0.255 e. The van der Waals surface area contributed by atoms with Crippen molar-refractivity contribution in [2.75, 3.05) is 0 Å². The highest BCUT2D eigenvalue weighted by molar-refractivity contribution is 8.00. The van der Waals surface area contributed by atoms with Gasteiger partial charge in [0.05, 0.1) is 17.4 Å². The van der Waals surface area contributed by atoms with Crippen molar-refractivity contribution in [1.82, 2.24) is 15.1 Å². The molecular formula is C21H27N3OS. The van der Waals surface area contributed by atoms with Gasteiger partial charge in [0.25, 0.3) is 5.91 Å². The first-order chi connectivity index (χ1) is 12.8. The van der Waals surface area contributed by atoms with E-state index in [2.05, 4.69) is 22.5 Å². The molecule has 0 aliphatic heterocycles. The average molecular weight is 370 g/mol. The van der Waals surface area contributed by atoms with Gasteiger partial charge in [-0.05, 0) is 37.8 Å². The lowest BCUT2D eigenvalue weighted by atomic mass is 9.95. The van der Waals surface area contributed by atoms with E-state index in [-0.39, 0.29) is 5.91 Å². The lowest BCUT2D eigenvalue weighted by molar-refractivity contribution is 0.0924. The largest absolute Gasteiger partial charge is 0.349 e. The van der Waals surface area contributed by atoms with E-state index < -0.39 is 0 Å². The minimum Gasteiger partial charge on any atom is -0.349 e. The fourth-order valence-corrected chi connectivity index (χ4v) is 5.44. The highest BCUT2D eigenvalue weighted by Gasteiger charge is 2.26. The molecule has 0 unspecified atom stereocenters. The fourth-order valence-electron chi connectivity index (χ4n) is 4.03. The summed E-state index contributed by atoms with van der Waals surface area (Å²) in [6.45, 7) is 0. The SMILES string of the molecule is O=C(NC1CCCCC1)c1cnn(-c2ccccc2)c1SC1CCCC1. The van der Waals surface area contributed by atoms with Gasteiger partial charge in [0.1, 0.15) is 5.03 Å². The number of carbonyl (C=O) groups excluding carboxylic acids is 1. The van der Waals surface area contributed by atoms with Crippen LogP contribution in [0.25, 0.3) is 5.69 Å². The van der Waals surface area contributed by atoms with Crippen LogP contribution in [-0.2, 0) is 0 Å². The van der Waals surface area contributed by atoms with Gasteiger partial charge in [-0.25, -0.2) is 4.68 Å². The van der Waals surface area contributed by atoms with Crippen LogP contribution in [-0.4, -0.2) is 27.0 Å². The van der Waals surface area contributed by atoms with Crippen molar-refractivity contribution in [1.29, 1.82) is 0 Å². The molecule has 2 aliphatic rings. The maximum Gasteiger partial charge on any atom is 0.255 e. The zero-order valence-electron chi connectivity index (χ0n) is 15.2. The van der Waals surface area contributed by atoms with Crippen LogP contribution in [0.4, 0.5) is 0 Å². The molecule has 0 atom stereocenters. The number of nitrogens with zero attached hydrogens (tertiary/aromatic N) is 2. The predicted molar refractivity (Wildman–Crippen MR) is 106 cm³/mol. The number of hydrogen-bond donors (Lipinski definition) is 1. The molecule has 0 radical (unpaired) electrons. The van der Waals surface area contributed by atoms with Gasteiger partial charge in [0, 0.05) is 11.3 Å². The summed E-state index contributed by atoms with van der Waals surface area (Å²) in [6.07, 6.45) is 12.7.